The number of nitrogens with zero attached hydrogens (tertiary/aromatic N) is 3. The van der Waals surface area contributed by atoms with Crippen molar-refractivity contribution in [3.8, 4) is 22.8 Å². The Hall–Kier alpha value is -3.69. The van der Waals surface area contributed by atoms with Crippen LogP contribution < -0.4 is 10.4 Å². The second kappa shape index (κ2) is 7.47. The number of fused-ring (bicyclic) bond motifs is 1. The summed E-state index contributed by atoms with van der Waals surface area (Å²) < 4.78 is 65.6. The van der Waals surface area contributed by atoms with Gasteiger partial charge in [0.05, 0.1) is 18.1 Å². The molecule has 0 bridgehead atoms. The summed E-state index contributed by atoms with van der Waals surface area (Å²) in [5.74, 6) is -1.94. The molecule has 0 aliphatic rings. The van der Waals surface area contributed by atoms with Crippen LogP contribution in [0.4, 0.5) is 17.6 Å². The van der Waals surface area contributed by atoms with E-state index >= 15 is 0 Å². The standard InChI is InChI=1S/C22H19F4N3O3/c1-27-16-7-6-12(10-17(16)28(2)21(27)31)20(22(24,25)26)29-8-4-5-15(29)13-9-14(23)19(30)18(11-13)32-3/h4-11,20,30H,1-3H3/t20-/m1/s1. The van der Waals surface area contributed by atoms with Crippen molar-refractivity contribution in [3.63, 3.8) is 0 Å². The van der Waals surface area contributed by atoms with Gasteiger partial charge in [-0.25, -0.2) is 9.18 Å². The van der Waals surface area contributed by atoms with Crippen LogP contribution >= 0.6 is 0 Å². The molecule has 0 spiro atoms. The van der Waals surface area contributed by atoms with Crippen molar-refractivity contribution in [1.82, 2.24) is 13.7 Å². The van der Waals surface area contributed by atoms with Crippen molar-refractivity contribution in [2.45, 2.75) is 12.2 Å². The fraction of sp³-hybridized carbons (Fsp3) is 0.227. The highest BCUT2D eigenvalue weighted by atomic mass is 19.4. The minimum atomic E-state index is -4.70. The van der Waals surface area contributed by atoms with Crippen molar-refractivity contribution in [2.24, 2.45) is 14.1 Å². The summed E-state index contributed by atoms with van der Waals surface area (Å²) in [6, 6.07) is 7.07. The van der Waals surface area contributed by atoms with Crippen LogP contribution in [-0.4, -0.2) is 32.1 Å². The van der Waals surface area contributed by atoms with Crippen LogP contribution in [0.15, 0.2) is 53.5 Å². The van der Waals surface area contributed by atoms with Gasteiger partial charge in [-0.05, 0) is 42.0 Å². The SMILES string of the molecule is COc1cc(-c2cccn2[C@H](c2ccc3c(c2)n(C)c(=O)n3C)C(F)(F)F)cc(F)c1O. The molecule has 1 N–H and O–H groups in total. The molecule has 0 radical (unpaired) electrons. The summed E-state index contributed by atoms with van der Waals surface area (Å²) >= 11 is 0. The van der Waals surface area contributed by atoms with Gasteiger partial charge in [-0.1, -0.05) is 6.07 Å². The van der Waals surface area contributed by atoms with E-state index in [4.69, 9.17) is 4.74 Å². The maximum atomic E-state index is 14.3. The fourth-order valence-corrected chi connectivity index (χ4v) is 3.94. The van der Waals surface area contributed by atoms with Gasteiger partial charge in [0.1, 0.15) is 0 Å². The van der Waals surface area contributed by atoms with Gasteiger partial charge in [0.2, 0.25) is 0 Å². The van der Waals surface area contributed by atoms with Gasteiger partial charge in [-0.2, -0.15) is 13.2 Å². The van der Waals surface area contributed by atoms with Gasteiger partial charge < -0.3 is 14.4 Å². The molecule has 32 heavy (non-hydrogen) atoms. The Bertz CT molecular complexity index is 1380. The molecule has 4 aromatic rings. The number of benzene rings is 2. The first kappa shape index (κ1) is 21.5. The zero-order valence-electron chi connectivity index (χ0n) is 17.3. The highest BCUT2D eigenvalue weighted by molar-refractivity contribution is 5.77. The summed E-state index contributed by atoms with van der Waals surface area (Å²) in [5, 5.41) is 9.74. The number of ether oxygens (including phenoxy) is 1. The van der Waals surface area contributed by atoms with Crippen LogP contribution in [0.1, 0.15) is 11.6 Å². The number of hydrogen-bond donors (Lipinski definition) is 1. The van der Waals surface area contributed by atoms with Gasteiger partial charge in [-0.3, -0.25) is 9.13 Å². The van der Waals surface area contributed by atoms with Crippen LogP contribution in [0.25, 0.3) is 22.3 Å². The zero-order chi connectivity index (χ0) is 23.4. The number of hydrogen-bond acceptors (Lipinski definition) is 3. The van der Waals surface area contributed by atoms with E-state index in [1.165, 1.54) is 65.9 Å². The first-order valence-electron chi connectivity index (χ1n) is 9.50. The minimum absolute atomic E-state index is 0.0755. The summed E-state index contributed by atoms with van der Waals surface area (Å²) in [6.45, 7) is 0. The quantitative estimate of drug-likeness (QED) is 0.472. The van der Waals surface area contributed by atoms with Crippen LogP contribution in [0.5, 0.6) is 11.5 Å². The van der Waals surface area contributed by atoms with E-state index in [0.717, 1.165) is 10.6 Å². The summed E-state index contributed by atoms with van der Waals surface area (Å²) in [7, 11) is 4.25. The van der Waals surface area contributed by atoms with Crippen molar-refractivity contribution < 1.29 is 27.4 Å². The Balaban J connectivity index is 1.93. The Labute approximate surface area is 179 Å². The molecule has 2 aromatic heterocycles. The average molecular weight is 449 g/mol. The average Bonchev–Trinajstić information content (AvgIpc) is 3.29. The molecule has 0 fully saturated rings. The molecule has 2 aromatic carbocycles. The third-order valence-corrected chi connectivity index (χ3v) is 5.52. The van der Waals surface area contributed by atoms with Crippen molar-refractivity contribution >= 4 is 11.0 Å². The molecule has 6 nitrogen and oxygen atoms in total. The first-order valence-corrected chi connectivity index (χ1v) is 9.50. The molecule has 0 aliphatic carbocycles. The molecule has 0 saturated heterocycles. The van der Waals surface area contributed by atoms with Gasteiger partial charge >= 0.3 is 11.9 Å². The van der Waals surface area contributed by atoms with Crippen molar-refractivity contribution in [2.75, 3.05) is 7.11 Å². The number of imidazole rings is 1. The summed E-state index contributed by atoms with van der Waals surface area (Å²) in [4.78, 5) is 12.2. The lowest BCUT2D eigenvalue weighted by atomic mass is 10.0. The normalized spacial score (nSPS) is 13.0. The Kier molecular flexibility index (Phi) is 5.03. The second-order valence-electron chi connectivity index (χ2n) is 7.40. The number of alkyl halides is 3. The molecule has 0 aliphatic heterocycles. The monoisotopic (exact) mass is 449 g/mol. The van der Waals surface area contributed by atoms with E-state index in [2.05, 4.69) is 0 Å². The topological polar surface area (TPSA) is 61.3 Å². The molecule has 0 amide bonds. The van der Waals surface area contributed by atoms with E-state index in [-0.39, 0.29) is 28.3 Å². The predicted molar refractivity (Wildman–Crippen MR) is 110 cm³/mol. The highest BCUT2D eigenvalue weighted by Gasteiger charge is 2.43. The summed E-state index contributed by atoms with van der Waals surface area (Å²) in [6.07, 6.45) is -3.45. The van der Waals surface area contributed by atoms with Crippen LogP contribution in [-0.2, 0) is 14.1 Å². The van der Waals surface area contributed by atoms with Gasteiger partial charge in [0, 0.05) is 31.5 Å². The molecular weight excluding hydrogens is 430 g/mol. The molecule has 168 valence electrons. The molecule has 0 unspecified atom stereocenters. The number of aromatic nitrogens is 3. The van der Waals surface area contributed by atoms with Gasteiger partial charge in [-0.15, -0.1) is 0 Å². The lowest BCUT2D eigenvalue weighted by molar-refractivity contribution is -0.156. The molecule has 10 heteroatoms. The third-order valence-electron chi connectivity index (χ3n) is 5.52. The fourth-order valence-electron chi connectivity index (χ4n) is 3.94. The van der Waals surface area contributed by atoms with Crippen LogP contribution in [0.2, 0.25) is 0 Å². The van der Waals surface area contributed by atoms with Gasteiger partial charge in [0.15, 0.2) is 23.4 Å². The lowest BCUT2D eigenvalue weighted by Gasteiger charge is -2.25. The first-order chi connectivity index (χ1) is 15.0. The Morgan fingerprint density at radius 1 is 1.03 bits per heavy atom. The number of methoxy groups -OCH3 is 1. The molecule has 0 saturated carbocycles. The van der Waals surface area contributed by atoms with E-state index in [1.54, 1.807) is 7.05 Å². The second-order valence-corrected chi connectivity index (χ2v) is 7.40. The molecule has 2 heterocycles. The molecular formula is C22H19F4N3O3. The third kappa shape index (κ3) is 3.31. The number of phenolic OH excluding ortho intramolecular Hbond substituents is 1. The number of aryl methyl sites for hydroxylation is 2. The lowest BCUT2D eigenvalue weighted by Crippen LogP contribution is -2.27. The van der Waals surface area contributed by atoms with E-state index in [1.807, 2.05) is 0 Å². The van der Waals surface area contributed by atoms with E-state index < -0.39 is 23.8 Å². The highest BCUT2D eigenvalue weighted by Crippen LogP contribution is 2.41. The summed E-state index contributed by atoms with van der Waals surface area (Å²) in [5.41, 5.74) is 0.593. The zero-order valence-corrected chi connectivity index (χ0v) is 17.3. The maximum Gasteiger partial charge on any atom is 0.413 e. The largest absolute Gasteiger partial charge is 0.502 e. The van der Waals surface area contributed by atoms with E-state index in [9.17, 15) is 27.5 Å². The number of rotatable bonds is 4. The van der Waals surface area contributed by atoms with E-state index in [0.29, 0.717) is 11.0 Å². The molecule has 1 atom stereocenters. The number of phenols is 1. The van der Waals surface area contributed by atoms with Crippen LogP contribution in [0.3, 0.4) is 0 Å². The van der Waals surface area contributed by atoms with Crippen molar-refractivity contribution in [1.29, 1.82) is 0 Å². The minimum Gasteiger partial charge on any atom is -0.502 e. The predicted octanol–water partition coefficient (Wildman–Crippen LogP) is 4.35. The Morgan fingerprint density at radius 2 is 1.72 bits per heavy atom. The number of aromatic hydroxyl groups is 1. The molecule has 4 rings (SSSR count). The van der Waals surface area contributed by atoms with Gasteiger partial charge in [0.25, 0.3) is 0 Å². The Morgan fingerprint density at radius 3 is 2.38 bits per heavy atom. The van der Waals surface area contributed by atoms with Crippen molar-refractivity contribution in [3.05, 3.63) is 70.5 Å². The van der Waals surface area contributed by atoms with Crippen LogP contribution in [0, 0.1) is 5.82 Å². The maximum absolute atomic E-state index is 14.3. The number of halogens is 4. The smallest absolute Gasteiger partial charge is 0.413 e.